The molecule has 4 aromatic rings. The molecule has 0 amide bonds. The molecule has 4 aromatic carbocycles. The number of ether oxygens (including phenoxy) is 1. The summed E-state index contributed by atoms with van der Waals surface area (Å²) in [5, 5.41) is 3.66. The Morgan fingerprint density at radius 2 is 1.42 bits per heavy atom. The van der Waals surface area contributed by atoms with Gasteiger partial charge in [-0.05, 0) is 135 Å². The molecule has 0 radical (unpaired) electrons. The van der Waals surface area contributed by atoms with Crippen molar-refractivity contribution in [2.75, 3.05) is 18.0 Å². The third kappa shape index (κ3) is 11.1. The van der Waals surface area contributed by atoms with E-state index in [9.17, 15) is 4.79 Å². The topological polar surface area (TPSA) is 44.6 Å². The Labute approximate surface area is 391 Å². The summed E-state index contributed by atoms with van der Waals surface area (Å²) in [5.74, 6) is 2.05. The van der Waals surface area contributed by atoms with Crippen molar-refractivity contribution in [3.8, 4) is 5.75 Å². The number of para-hydroxylation sites is 2. The Morgan fingerprint density at radius 3 is 2.12 bits per heavy atom. The van der Waals surface area contributed by atoms with Gasteiger partial charge in [-0.2, -0.15) is 4.58 Å². The molecule has 3 aliphatic rings. The zero-order chi connectivity index (χ0) is 46.0. The third-order valence-corrected chi connectivity index (χ3v) is 13.8. The standard InChI is InChI=1S/C60H74N3O2/c1-9-40-62-53-25-17-15-23-51(53)59(5,6)56(62)38-34-48-21-19-22-49(35-39-57-60(7,8)52-24-16-18-26-54(52)63(57)41-10-2)58(48)65-50-36-32-47(33-37-50)43-61-42-46-30-28-45(29-31-46)20-13-11-12-14-27-55(64)44(3)4/h15-18,23-26,28-39,61H,3,9-14,19-22,27,40-43H2,1-2,4-8H3/q+1. The smallest absolute Gasteiger partial charge is 0.209 e. The summed E-state index contributed by atoms with van der Waals surface area (Å²) in [6.45, 7) is 23.1. The minimum atomic E-state index is -0.101. The minimum absolute atomic E-state index is 0.101. The first-order chi connectivity index (χ1) is 31.4. The van der Waals surface area contributed by atoms with Crippen molar-refractivity contribution in [3.63, 3.8) is 0 Å². The van der Waals surface area contributed by atoms with E-state index in [2.05, 4.69) is 184 Å². The molecule has 2 aliphatic heterocycles. The molecule has 1 N–H and O–H groups in total. The first-order valence-corrected chi connectivity index (χ1v) is 24.6. The third-order valence-electron chi connectivity index (χ3n) is 13.8. The first-order valence-electron chi connectivity index (χ1n) is 24.6. The lowest BCUT2D eigenvalue weighted by Crippen LogP contribution is -2.28. The molecular weight excluding hydrogens is 795 g/mol. The predicted octanol–water partition coefficient (Wildman–Crippen LogP) is 14.5. The van der Waals surface area contributed by atoms with Crippen LogP contribution in [0.5, 0.6) is 5.75 Å². The average Bonchev–Trinajstić information content (AvgIpc) is 3.65. The quantitative estimate of drug-likeness (QED) is 0.0515. The Bertz CT molecular complexity index is 2470. The largest absolute Gasteiger partial charge is 0.457 e. The van der Waals surface area contributed by atoms with Crippen LogP contribution in [0.3, 0.4) is 0 Å². The summed E-state index contributed by atoms with van der Waals surface area (Å²) in [4.78, 5) is 14.3. The van der Waals surface area contributed by atoms with Crippen molar-refractivity contribution in [2.24, 2.45) is 0 Å². The van der Waals surface area contributed by atoms with Crippen molar-refractivity contribution >= 4 is 22.9 Å². The lowest BCUT2D eigenvalue weighted by atomic mass is 9.81. The summed E-state index contributed by atoms with van der Waals surface area (Å²) in [6.07, 6.45) is 20.7. The van der Waals surface area contributed by atoms with Crippen LogP contribution in [-0.2, 0) is 35.1 Å². The number of nitrogens with one attached hydrogen (secondary N) is 1. The van der Waals surface area contributed by atoms with Crippen molar-refractivity contribution < 1.29 is 14.1 Å². The number of Topliss-reactive ketones (excluding diaryl/α,β-unsaturated/α-hetero) is 1. The molecular formula is C60H74N3O2+. The molecule has 65 heavy (non-hydrogen) atoms. The van der Waals surface area contributed by atoms with E-state index in [1.807, 2.05) is 0 Å². The van der Waals surface area contributed by atoms with Crippen LogP contribution in [0.4, 0.5) is 11.4 Å². The number of aryl methyl sites for hydroxylation is 1. The normalized spacial score (nSPS) is 17.7. The van der Waals surface area contributed by atoms with E-state index in [4.69, 9.17) is 4.74 Å². The fourth-order valence-corrected chi connectivity index (χ4v) is 10.1. The Kier molecular flexibility index (Phi) is 15.8. The lowest BCUT2D eigenvalue weighted by molar-refractivity contribution is -0.437. The Hall–Kier alpha value is -5.52. The molecule has 0 aromatic heterocycles. The van der Waals surface area contributed by atoms with Crippen LogP contribution in [0.15, 0.2) is 156 Å². The summed E-state index contributed by atoms with van der Waals surface area (Å²) in [5.41, 5.74) is 15.0. The van der Waals surface area contributed by atoms with Gasteiger partial charge in [-0.3, -0.25) is 4.79 Å². The SMILES string of the molecule is C=C(C)C(=O)CCCCCCc1ccc(CNCc2ccc(OC3=C(/C=C/C4=[N+](CCC)c5ccccc5C4(C)C)CCC/C3=C\C=C3\N(CCC)c4ccccc4C3(C)C)cc2)cc1. The number of fused-ring (bicyclic) bond motifs is 2. The molecule has 0 unspecified atom stereocenters. The maximum absolute atomic E-state index is 11.8. The van der Waals surface area contributed by atoms with Gasteiger partial charge in [-0.15, -0.1) is 0 Å². The summed E-state index contributed by atoms with van der Waals surface area (Å²) in [6, 6.07) is 35.5. The van der Waals surface area contributed by atoms with E-state index in [0.29, 0.717) is 12.0 Å². The Morgan fingerprint density at radius 1 is 0.754 bits per heavy atom. The number of nitrogens with zero attached hydrogens (tertiary/aromatic N) is 2. The van der Waals surface area contributed by atoms with E-state index in [0.717, 1.165) is 102 Å². The molecule has 5 nitrogen and oxygen atoms in total. The molecule has 7 rings (SSSR count). The van der Waals surface area contributed by atoms with Gasteiger partial charge in [0.2, 0.25) is 5.69 Å². The van der Waals surface area contributed by atoms with Gasteiger partial charge in [-0.25, -0.2) is 0 Å². The van der Waals surface area contributed by atoms with Crippen LogP contribution in [-0.4, -0.2) is 29.2 Å². The number of ketones is 1. The average molecular weight is 869 g/mol. The molecule has 0 saturated carbocycles. The van der Waals surface area contributed by atoms with E-state index in [1.165, 1.54) is 61.7 Å². The van der Waals surface area contributed by atoms with Crippen LogP contribution in [0.2, 0.25) is 0 Å². The van der Waals surface area contributed by atoms with Crippen molar-refractivity contribution in [1.29, 1.82) is 0 Å². The maximum Gasteiger partial charge on any atom is 0.209 e. The van der Waals surface area contributed by atoms with E-state index in [-0.39, 0.29) is 16.6 Å². The number of allylic oxidation sites excluding steroid dienone is 8. The van der Waals surface area contributed by atoms with Crippen molar-refractivity contribution in [2.45, 2.75) is 143 Å². The number of rotatable bonds is 21. The van der Waals surface area contributed by atoms with Crippen LogP contribution < -0.4 is 15.0 Å². The number of anilines is 1. The highest BCUT2D eigenvalue weighted by molar-refractivity contribution is 6.03. The van der Waals surface area contributed by atoms with Gasteiger partial charge in [-0.1, -0.05) is 126 Å². The highest BCUT2D eigenvalue weighted by atomic mass is 16.5. The first kappa shape index (κ1) is 47.4. The van der Waals surface area contributed by atoms with Crippen LogP contribution in [0.25, 0.3) is 0 Å². The number of hydrogen-bond donors (Lipinski definition) is 1. The van der Waals surface area contributed by atoms with Crippen molar-refractivity contribution in [3.05, 3.63) is 184 Å². The number of carbonyl (C=O) groups is 1. The van der Waals surface area contributed by atoms with Gasteiger partial charge in [0.15, 0.2) is 11.5 Å². The second kappa shape index (κ2) is 21.6. The van der Waals surface area contributed by atoms with Crippen LogP contribution in [0.1, 0.15) is 140 Å². The number of hydrogen-bond acceptors (Lipinski definition) is 4. The number of benzene rings is 4. The maximum atomic E-state index is 11.8. The molecule has 0 spiro atoms. The van der Waals surface area contributed by atoms with Crippen LogP contribution in [0, 0.1) is 0 Å². The molecule has 340 valence electrons. The molecule has 0 fully saturated rings. The zero-order valence-corrected chi connectivity index (χ0v) is 40.6. The van der Waals surface area contributed by atoms with E-state index >= 15 is 0 Å². The molecule has 0 saturated heterocycles. The fraction of sp³-hybridized carbons (Fsp3) is 0.400. The van der Waals surface area contributed by atoms with Gasteiger partial charge in [0.25, 0.3) is 0 Å². The van der Waals surface area contributed by atoms with Gasteiger partial charge in [0.1, 0.15) is 18.1 Å². The second-order valence-electron chi connectivity index (χ2n) is 19.5. The monoisotopic (exact) mass is 869 g/mol. The van der Waals surface area contributed by atoms with E-state index in [1.54, 1.807) is 6.92 Å². The van der Waals surface area contributed by atoms with Crippen molar-refractivity contribution in [1.82, 2.24) is 5.32 Å². The highest BCUT2D eigenvalue weighted by Gasteiger charge is 2.44. The minimum Gasteiger partial charge on any atom is -0.457 e. The lowest BCUT2D eigenvalue weighted by Gasteiger charge is -2.27. The predicted molar refractivity (Wildman–Crippen MR) is 274 cm³/mol. The molecule has 1 aliphatic carbocycles. The number of unbranched alkanes of at least 4 members (excludes halogenated alkanes) is 3. The summed E-state index contributed by atoms with van der Waals surface area (Å²) < 4.78 is 9.58. The number of carbonyl (C=O) groups excluding carboxylic acids is 1. The van der Waals surface area contributed by atoms with Gasteiger partial charge >= 0.3 is 0 Å². The van der Waals surface area contributed by atoms with E-state index < -0.39 is 0 Å². The second-order valence-corrected chi connectivity index (χ2v) is 19.5. The Balaban J connectivity index is 1.08. The molecule has 0 atom stereocenters. The molecule has 5 heteroatoms. The summed E-state index contributed by atoms with van der Waals surface area (Å²) in [7, 11) is 0. The molecule has 2 heterocycles. The highest BCUT2D eigenvalue weighted by Crippen LogP contribution is 2.48. The van der Waals surface area contributed by atoms with Gasteiger partial charge in [0, 0.05) is 67.0 Å². The van der Waals surface area contributed by atoms with Crippen LogP contribution >= 0.6 is 0 Å². The van der Waals surface area contributed by atoms with Gasteiger partial charge < -0.3 is 15.0 Å². The zero-order valence-electron chi connectivity index (χ0n) is 40.6. The summed E-state index contributed by atoms with van der Waals surface area (Å²) >= 11 is 0. The fourth-order valence-electron chi connectivity index (χ4n) is 10.1. The van der Waals surface area contributed by atoms with Gasteiger partial charge in [0.05, 0.1) is 5.41 Å². The molecule has 0 bridgehead atoms.